The molecule has 3 rings (SSSR count). The van der Waals surface area contributed by atoms with Gasteiger partial charge >= 0.3 is 0 Å². The van der Waals surface area contributed by atoms with Gasteiger partial charge in [-0.1, -0.05) is 19.8 Å². The van der Waals surface area contributed by atoms with E-state index in [-0.39, 0.29) is 5.75 Å². The van der Waals surface area contributed by atoms with E-state index in [9.17, 15) is 10.2 Å². The number of phenolic OH excluding ortho intramolecular Hbond substituents is 1. The van der Waals surface area contributed by atoms with Gasteiger partial charge in [-0.2, -0.15) is 9.97 Å². The fourth-order valence-electron chi connectivity index (χ4n) is 3.25. The third-order valence-electron chi connectivity index (χ3n) is 5.04. The van der Waals surface area contributed by atoms with Crippen LogP contribution >= 0.6 is 0 Å². The molecule has 0 bridgehead atoms. The number of nitrogens with one attached hydrogen (secondary N) is 2. The number of nitrogens with two attached hydrogens (primary N) is 1. The van der Waals surface area contributed by atoms with Crippen molar-refractivity contribution in [2.75, 3.05) is 22.9 Å². The molecule has 0 unspecified atom stereocenters. The van der Waals surface area contributed by atoms with Crippen LogP contribution in [0.5, 0.6) is 5.75 Å². The van der Waals surface area contributed by atoms with Crippen LogP contribution in [0.3, 0.4) is 0 Å². The predicted octanol–water partition coefficient (Wildman–Crippen LogP) is 3.49. The number of unbranched alkanes of at least 4 members (excludes halogenated alkanes) is 2. The van der Waals surface area contributed by atoms with Gasteiger partial charge in [0.15, 0.2) is 17.0 Å². The van der Waals surface area contributed by atoms with Gasteiger partial charge in [0.2, 0.25) is 5.95 Å². The minimum absolute atomic E-state index is 0.167. The van der Waals surface area contributed by atoms with Crippen LogP contribution in [-0.2, 0) is 13.1 Å². The van der Waals surface area contributed by atoms with Crippen LogP contribution in [0, 0.1) is 0 Å². The van der Waals surface area contributed by atoms with E-state index in [0.717, 1.165) is 31.5 Å². The second kappa shape index (κ2) is 9.82. The molecule has 0 saturated carbocycles. The standard InChI is InChI=1S/C22H33N7O2/c1-4-5-6-11-29-14-26-18-19(25-13-15-12-16(23)7-8-17(15)30)27-21(28-20(18)29)24-10-9-22(2,3)31/h7-8,12,14,30-31H,4-6,9-11,13,23H2,1-3H3,(H2,24,25,27,28). The number of fused-ring (bicyclic) bond motifs is 1. The molecule has 2 heterocycles. The summed E-state index contributed by atoms with van der Waals surface area (Å²) in [5, 5.41) is 26.6. The van der Waals surface area contributed by atoms with Crippen LogP contribution in [0.1, 0.15) is 52.0 Å². The molecule has 0 spiro atoms. The second-order valence-electron chi connectivity index (χ2n) is 8.44. The first-order chi connectivity index (χ1) is 14.8. The Morgan fingerprint density at radius 3 is 2.71 bits per heavy atom. The number of benzene rings is 1. The third-order valence-corrected chi connectivity index (χ3v) is 5.04. The molecule has 9 nitrogen and oxygen atoms in total. The quantitative estimate of drug-likeness (QED) is 0.178. The molecule has 3 aromatic rings. The summed E-state index contributed by atoms with van der Waals surface area (Å²) in [7, 11) is 0. The summed E-state index contributed by atoms with van der Waals surface area (Å²) in [4.78, 5) is 13.8. The van der Waals surface area contributed by atoms with E-state index in [4.69, 9.17) is 5.73 Å². The van der Waals surface area contributed by atoms with Crippen molar-refractivity contribution in [1.82, 2.24) is 19.5 Å². The number of phenols is 1. The lowest BCUT2D eigenvalue weighted by Gasteiger charge is -2.17. The zero-order chi connectivity index (χ0) is 22.4. The van der Waals surface area contributed by atoms with Crippen molar-refractivity contribution < 1.29 is 10.2 Å². The molecule has 0 aliphatic rings. The zero-order valence-electron chi connectivity index (χ0n) is 18.5. The van der Waals surface area contributed by atoms with Crippen molar-refractivity contribution in [1.29, 1.82) is 0 Å². The highest BCUT2D eigenvalue weighted by Crippen LogP contribution is 2.25. The number of aliphatic hydroxyl groups is 1. The summed E-state index contributed by atoms with van der Waals surface area (Å²) in [5.74, 6) is 1.21. The molecule has 0 saturated heterocycles. The third kappa shape index (κ3) is 6.21. The molecule has 9 heteroatoms. The van der Waals surface area contributed by atoms with E-state index in [0.29, 0.717) is 48.0 Å². The van der Waals surface area contributed by atoms with Crippen molar-refractivity contribution in [3.63, 3.8) is 0 Å². The summed E-state index contributed by atoms with van der Waals surface area (Å²) < 4.78 is 2.04. The molecule has 2 aromatic heterocycles. The molecule has 31 heavy (non-hydrogen) atoms. The Labute approximate surface area is 182 Å². The minimum Gasteiger partial charge on any atom is -0.508 e. The number of imidazole rings is 1. The van der Waals surface area contributed by atoms with Gasteiger partial charge in [0.05, 0.1) is 11.9 Å². The first-order valence-electron chi connectivity index (χ1n) is 10.8. The maximum Gasteiger partial charge on any atom is 0.226 e. The highest BCUT2D eigenvalue weighted by molar-refractivity contribution is 5.84. The maximum absolute atomic E-state index is 10.1. The van der Waals surface area contributed by atoms with Crippen LogP contribution in [0.2, 0.25) is 0 Å². The zero-order valence-corrected chi connectivity index (χ0v) is 18.5. The molecule has 6 N–H and O–H groups in total. The van der Waals surface area contributed by atoms with E-state index in [1.165, 1.54) is 0 Å². The molecule has 0 fully saturated rings. The van der Waals surface area contributed by atoms with E-state index >= 15 is 0 Å². The normalized spacial score (nSPS) is 11.7. The van der Waals surface area contributed by atoms with Crippen LogP contribution in [0.25, 0.3) is 11.2 Å². The van der Waals surface area contributed by atoms with Crippen molar-refractivity contribution in [3.8, 4) is 5.75 Å². The van der Waals surface area contributed by atoms with Crippen LogP contribution in [0.15, 0.2) is 24.5 Å². The van der Waals surface area contributed by atoms with Gasteiger partial charge in [-0.05, 0) is 44.9 Å². The van der Waals surface area contributed by atoms with Crippen molar-refractivity contribution in [2.45, 2.75) is 65.1 Å². The van der Waals surface area contributed by atoms with Gasteiger partial charge in [-0.15, -0.1) is 0 Å². The summed E-state index contributed by atoms with van der Waals surface area (Å²) in [5.41, 5.74) is 7.75. The van der Waals surface area contributed by atoms with Crippen LogP contribution < -0.4 is 16.4 Å². The summed E-state index contributed by atoms with van der Waals surface area (Å²) in [6, 6.07) is 4.96. The fourth-order valence-corrected chi connectivity index (χ4v) is 3.25. The first kappa shape index (κ1) is 22.6. The number of hydrogen-bond donors (Lipinski definition) is 5. The number of rotatable bonds is 11. The average molecular weight is 428 g/mol. The molecule has 0 aliphatic carbocycles. The Balaban J connectivity index is 1.86. The number of aromatic nitrogens is 4. The Morgan fingerprint density at radius 2 is 1.97 bits per heavy atom. The van der Waals surface area contributed by atoms with Gasteiger partial charge in [-0.3, -0.25) is 0 Å². The Kier molecular flexibility index (Phi) is 7.17. The lowest BCUT2D eigenvalue weighted by atomic mass is 10.1. The Morgan fingerprint density at radius 1 is 1.16 bits per heavy atom. The summed E-state index contributed by atoms with van der Waals surface area (Å²) in [6.07, 6.45) is 5.68. The second-order valence-corrected chi connectivity index (χ2v) is 8.44. The van der Waals surface area contributed by atoms with E-state index < -0.39 is 5.60 Å². The maximum atomic E-state index is 10.1. The predicted molar refractivity (Wildman–Crippen MR) is 124 cm³/mol. The number of nitrogen functional groups attached to an aromatic ring is 1. The molecule has 0 aliphatic heterocycles. The van der Waals surface area contributed by atoms with Gasteiger partial charge < -0.3 is 31.1 Å². The fraction of sp³-hybridized carbons (Fsp3) is 0.500. The largest absolute Gasteiger partial charge is 0.508 e. The lowest BCUT2D eigenvalue weighted by Crippen LogP contribution is -2.23. The molecule has 0 amide bonds. The Hall–Kier alpha value is -3.07. The SMILES string of the molecule is CCCCCn1cnc2c(NCc3cc(N)ccc3O)nc(NCCC(C)(C)O)nc21. The summed E-state index contributed by atoms with van der Waals surface area (Å²) >= 11 is 0. The average Bonchev–Trinajstić information content (AvgIpc) is 3.11. The number of aryl methyl sites for hydroxylation is 1. The molecular formula is C22H33N7O2. The highest BCUT2D eigenvalue weighted by atomic mass is 16.3. The monoisotopic (exact) mass is 427 g/mol. The smallest absolute Gasteiger partial charge is 0.226 e. The van der Waals surface area contributed by atoms with Gasteiger partial charge in [0.25, 0.3) is 0 Å². The highest BCUT2D eigenvalue weighted by Gasteiger charge is 2.16. The molecule has 0 radical (unpaired) electrons. The Bertz CT molecular complexity index is 1010. The lowest BCUT2D eigenvalue weighted by molar-refractivity contribution is 0.0748. The molecule has 0 atom stereocenters. The van der Waals surface area contributed by atoms with Gasteiger partial charge in [0.1, 0.15) is 5.75 Å². The van der Waals surface area contributed by atoms with Crippen molar-refractivity contribution in [2.24, 2.45) is 0 Å². The van der Waals surface area contributed by atoms with Gasteiger partial charge in [0, 0.05) is 30.9 Å². The number of hydrogen-bond acceptors (Lipinski definition) is 8. The molecule has 1 aromatic carbocycles. The molecular weight excluding hydrogens is 394 g/mol. The summed E-state index contributed by atoms with van der Waals surface area (Å²) in [6.45, 7) is 7.43. The van der Waals surface area contributed by atoms with Crippen LogP contribution in [-0.4, -0.2) is 41.9 Å². The first-order valence-corrected chi connectivity index (χ1v) is 10.8. The topological polar surface area (TPSA) is 134 Å². The van der Waals surface area contributed by atoms with Crippen LogP contribution in [0.4, 0.5) is 17.5 Å². The van der Waals surface area contributed by atoms with Crippen molar-refractivity contribution in [3.05, 3.63) is 30.1 Å². The number of aromatic hydroxyl groups is 1. The molecule has 168 valence electrons. The number of anilines is 3. The van der Waals surface area contributed by atoms with E-state index in [1.807, 2.05) is 4.57 Å². The van der Waals surface area contributed by atoms with Gasteiger partial charge in [-0.25, -0.2) is 4.98 Å². The van der Waals surface area contributed by atoms with Crippen molar-refractivity contribution >= 4 is 28.6 Å². The minimum atomic E-state index is -0.773. The number of nitrogens with zero attached hydrogens (tertiary/aromatic N) is 4. The van der Waals surface area contributed by atoms with E-state index in [1.54, 1.807) is 38.4 Å². The van der Waals surface area contributed by atoms with E-state index in [2.05, 4.69) is 32.5 Å².